The van der Waals surface area contributed by atoms with E-state index in [1.54, 1.807) is 19.2 Å². The average molecular weight is 477 g/mol. The summed E-state index contributed by atoms with van der Waals surface area (Å²) in [6.45, 7) is -1.06. The zero-order chi connectivity index (χ0) is 24.0. The summed E-state index contributed by atoms with van der Waals surface area (Å²) in [4.78, 5) is 4.40. The van der Waals surface area contributed by atoms with E-state index in [0.717, 1.165) is 17.4 Å². The highest BCUT2D eigenvalue weighted by molar-refractivity contribution is 7.90. The molecular formula is C24H26F2N2O4S. The molecule has 2 aromatic carbocycles. The maximum Gasteiger partial charge on any atom is 0.387 e. The van der Waals surface area contributed by atoms with Crippen molar-refractivity contribution in [1.82, 2.24) is 4.98 Å². The van der Waals surface area contributed by atoms with Crippen molar-refractivity contribution in [2.45, 2.75) is 25.9 Å². The Bertz CT molecular complexity index is 1190. The topological polar surface area (TPSA) is 91.5 Å². The first-order valence-electron chi connectivity index (χ1n) is 10.4. The Morgan fingerprint density at radius 3 is 2.42 bits per heavy atom. The molecule has 0 bridgehead atoms. The number of anilines is 1. The summed E-state index contributed by atoms with van der Waals surface area (Å²) < 4.78 is 59.9. The standard InChI is InChI=1S/C24H26F2N2O4S/c1-3-31-22-14-17(9-10-21(22)32-24(25)26)18(15-33(2,29)30)13-20-23(27)19(11-12-28-20)16-7-5-4-6-8-16/h4-12,14,18,24H,3,13,15,27H2,1-2H3. The van der Waals surface area contributed by atoms with E-state index >= 15 is 0 Å². The van der Waals surface area contributed by atoms with Gasteiger partial charge < -0.3 is 15.2 Å². The average Bonchev–Trinajstić information content (AvgIpc) is 2.75. The van der Waals surface area contributed by atoms with E-state index in [-0.39, 0.29) is 30.3 Å². The number of nitrogens with zero attached hydrogens (tertiary/aromatic N) is 1. The van der Waals surface area contributed by atoms with Gasteiger partial charge in [0.15, 0.2) is 11.5 Å². The highest BCUT2D eigenvalue weighted by atomic mass is 32.2. The van der Waals surface area contributed by atoms with Crippen LogP contribution in [0.5, 0.6) is 11.5 Å². The highest BCUT2D eigenvalue weighted by Gasteiger charge is 2.23. The van der Waals surface area contributed by atoms with Crippen LogP contribution in [0.15, 0.2) is 60.8 Å². The van der Waals surface area contributed by atoms with Crippen LogP contribution in [0.3, 0.4) is 0 Å². The lowest BCUT2D eigenvalue weighted by atomic mass is 9.93. The number of nitrogen functional groups attached to an aromatic ring is 1. The van der Waals surface area contributed by atoms with Crippen LogP contribution in [0.1, 0.15) is 24.1 Å². The van der Waals surface area contributed by atoms with Gasteiger partial charge in [-0.1, -0.05) is 36.4 Å². The Morgan fingerprint density at radius 2 is 1.79 bits per heavy atom. The van der Waals surface area contributed by atoms with Crippen molar-refractivity contribution in [2.24, 2.45) is 0 Å². The monoisotopic (exact) mass is 476 g/mol. The molecule has 1 aromatic heterocycles. The number of sulfone groups is 1. The maximum atomic E-state index is 12.8. The van der Waals surface area contributed by atoms with Gasteiger partial charge in [0.25, 0.3) is 0 Å². The summed E-state index contributed by atoms with van der Waals surface area (Å²) >= 11 is 0. The van der Waals surface area contributed by atoms with Crippen molar-refractivity contribution in [3.05, 3.63) is 72.1 Å². The lowest BCUT2D eigenvalue weighted by molar-refractivity contribution is -0.0514. The molecule has 1 heterocycles. The van der Waals surface area contributed by atoms with Gasteiger partial charge in [-0.3, -0.25) is 4.98 Å². The number of nitrogens with two attached hydrogens (primary N) is 1. The van der Waals surface area contributed by atoms with Crippen LogP contribution in [0.25, 0.3) is 11.1 Å². The fourth-order valence-electron chi connectivity index (χ4n) is 3.66. The molecule has 1 atom stereocenters. The molecule has 33 heavy (non-hydrogen) atoms. The third-order valence-electron chi connectivity index (χ3n) is 5.06. The van der Waals surface area contributed by atoms with Crippen molar-refractivity contribution in [3.8, 4) is 22.6 Å². The third-order valence-corrected chi connectivity index (χ3v) is 6.06. The van der Waals surface area contributed by atoms with Crippen molar-refractivity contribution in [2.75, 3.05) is 24.3 Å². The molecule has 0 saturated carbocycles. The summed E-state index contributed by atoms with van der Waals surface area (Å²) in [7, 11) is -3.38. The van der Waals surface area contributed by atoms with Gasteiger partial charge in [0.05, 0.1) is 23.7 Å². The molecule has 2 N–H and O–H groups in total. The van der Waals surface area contributed by atoms with Gasteiger partial charge in [-0.25, -0.2) is 8.42 Å². The number of aromatic nitrogens is 1. The van der Waals surface area contributed by atoms with E-state index in [0.29, 0.717) is 16.9 Å². The molecule has 0 radical (unpaired) electrons. The molecule has 0 aliphatic carbocycles. The summed E-state index contributed by atoms with van der Waals surface area (Å²) in [5, 5.41) is 0. The summed E-state index contributed by atoms with van der Waals surface area (Å²) in [6.07, 6.45) is 3.02. The van der Waals surface area contributed by atoms with Crippen LogP contribution in [0.2, 0.25) is 0 Å². The quantitative estimate of drug-likeness (QED) is 0.456. The Labute approximate surface area is 192 Å². The largest absolute Gasteiger partial charge is 0.490 e. The Morgan fingerprint density at radius 1 is 1.06 bits per heavy atom. The second-order valence-electron chi connectivity index (χ2n) is 7.60. The molecule has 0 aliphatic rings. The number of halogens is 2. The summed E-state index contributed by atoms with van der Waals surface area (Å²) in [6, 6.07) is 15.8. The molecule has 9 heteroatoms. The normalized spacial score (nSPS) is 12.5. The number of hydrogen-bond donors (Lipinski definition) is 1. The molecule has 6 nitrogen and oxygen atoms in total. The van der Waals surface area contributed by atoms with Crippen LogP contribution in [-0.4, -0.2) is 38.6 Å². The van der Waals surface area contributed by atoms with Crippen molar-refractivity contribution >= 4 is 15.5 Å². The first-order chi connectivity index (χ1) is 15.7. The predicted molar refractivity (Wildman–Crippen MR) is 124 cm³/mol. The van der Waals surface area contributed by atoms with Gasteiger partial charge in [-0.15, -0.1) is 0 Å². The van der Waals surface area contributed by atoms with E-state index in [1.807, 2.05) is 36.4 Å². The molecule has 3 rings (SSSR count). The minimum Gasteiger partial charge on any atom is -0.490 e. The first kappa shape index (κ1) is 24.4. The lowest BCUT2D eigenvalue weighted by Crippen LogP contribution is -2.17. The smallest absolute Gasteiger partial charge is 0.387 e. The van der Waals surface area contributed by atoms with Crippen molar-refractivity contribution < 1.29 is 26.7 Å². The number of rotatable bonds is 10. The fourth-order valence-corrected chi connectivity index (χ4v) is 4.70. The van der Waals surface area contributed by atoms with E-state index < -0.39 is 22.4 Å². The molecule has 0 saturated heterocycles. The number of ether oxygens (including phenoxy) is 2. The van der Waals surface area contributed by atoms with E-state index in [2.05, 4.69) is 9.72 Å². The maximum absolute atomic E-state index is 12.8. The van der Waals surface area contributed by atoms with Crippen LogP contribution in [0.4, 0.5) is 14.5 Å². The third kappa shape index (κ3) is 6.64. The number of alkyl halides is 2. The first-order valence-corrected chi connectivity index (χ1v) is 12.4. The van der Waals surface area contributed by atoms with Gasteiger partial charge in [0, 0.05) is 23.9 Å². The number of hydrogen-bond acceptors (Lipinski definition) is 6. The molecule has 3 aromatic rings. The van der Waals surface area contributed by atoms with E-state index in [1.165, 1.54) is 12.1 Å². The minimum atomic E-state index is -3.38. The number of pyridine rings is 1. The predicted octanol–water partition coefficient (Wildman–Crippen LogP) is 4.70. The fraction of sp³-hybridized carbons (Fsp3) is 0.292. The second kappa shape index (κ2) is 10.6. The Kier molecular flexibility index (Phi) is 7.86. The van der Waals surface area contributed by atoms with Crippen molar-refractivity contribution in [1.29, 1.82) is 0 Å². The van der Waals surface area contributed by atoms with Gasteiger partial charge in [0.2, 0.25) is 0 Å². The SMILES string of the molecule is CCOc1cc(C(Cc2nccc(-c3ccccc3)c2N)CS(C)(=O)=O)ccc1OC(F)F. The molecular weight excluding hydrogens is 450 g/mol. The zero-order valence-electron chi connectivity index (χ0n) is 18.4. The van der Waals surface area contributed by atoms with Gasteiger partial charge in [0.1, 0.15) is 9.84 Å². The second-order valence-corrected chi connectivity index (χ2v) is 9.78. The Hall–Kier alpha value is -3.20. The number of benzene rings is 2. The summed E-state index contributed by atoms with van der Waals surface area (Å²) in [5.74, 6) is -0.699. The lowest BCUT2D eigenvalue weighted by Gasteiger charge is -2.20. The minimum absolute atomic E-state index is 0.114. The molecule has 0 spiro atoms. The van der Waals surface area contributed by atoms with Gasteiger partial charge >= 0.3 is 6.61 Å². The molecule has 0 aliphatic heterocycles. The highest BCUT2D eigenvalue weighted by Crippen LogP contribution is 2.35. The van der Waals surface area contributed by atoms with E-state index in [4.69, 9.17) is 10.5 Å². The van der Waals surface area contributed by atoms with Crippen LogP contribution in [0, 0.1) is 0 Å². The molecule has 0 amide bonds. The Balaban J connectivity index is 2.01. The van der Waals surface area contributed by atoms with Crippen LogP contribution < -0.4 is 15.2 Å². The molecule has 176 valence electrons. The summed E-state index contributed by atoms with van der Waals surface area (Å²) in [5.41, 5.74) is 9.75. The molecule has 1 unspecified atom stereocenters. The van der Waals surface area contributed by atoms with E-state index in [9.17, 15) is 17.2 Å². The van der Waals surface area contributed by atoms with Gasteiger partial charge in [-0.2, -0.15) is 8.78 Å². The van der Waals surface area contributed by atoms with Crippen LogP contribution >= 0.6 is 0 Å². The zero-order valence-corrected chi connectivity index (χ0v) is 19.2. The van der Waals surface area contributed by atoms with Crippen LogP contribution in [-0.2, 0) is 16.3 Å². The van der Waals surface area contributed by atoms with Gasteiger partial charge in [-0.05, 0) is 42.7 Å². The van der Waals surface area contributed by atoms with Crippen molar-refractivity contribution in [3.63, 3.8) is 0 Å². The molecule has 0 fully saturated rings.